The summed E-state index contributed by atoms with van der Waals surface area (Å²) < 4.78 is 5.26. The van der Waals surface area contributed by atoms with Gasteiger partial charge in [-0.25, -0.2) is 0 Å². The quantitative estimate of drug-likeness (QED) is 0.860. The maximum Gasteiger partial charge on any atom is 0.119 e. The smallest absolute Gasteiger partial charge is 0.119 e. The van der Waals surface area contributed by atoms with Crippen LogP contribution in [-0.4, -0.2) is 25.8 Å². The van der Waals surface area contributed by atoms with E-state index in [4.69, 9.17) is 4.74 Å². The van der Waals surface area contributed by atoms with Crippen molar-refractivity contribution < 1.29 is 9.84 Å². The molecule has 0 aliphatic heterocycles. The van der Waals surface area contributed by atoms with Crippen molar-refractivity contribution >= 4 is 0 Å². The first-order chi connectivity index (χ1) is 8.70. The van der Waals surface area contributed by atoms with Crippen LogP contribution < -0.4 is 10.1 Å². The summed E-state index contributed by atoms with van der Waals surface area (Å²) in [5.41, 5.74) is 0.275. The minimum absolute atomic E-state index is 0.281. The fourth-order valence-electron chi connectivity index (χ4n) is 3.02. The molecule has 0 radical (unpaired) electrons. The van der Waals surface area contributed by atoms with Crippen molar-refractivity contribution in [1.29, 1.82) is 0 Å². The summed E-state index contributed by atoms with van der Waals surface area (Å²) in [6.07, 6.45) is 4.22. The molecule has 1 aromatic carbocycles. The first kappa shape index (κ1) is 13.4. The van der Waals surface area contributed by atoms with Crippen LogP contribution in [0.3, 0.4) is 0 Å². The van der Waals surface area contributed by atoms with Gasteiger partial charge in [-0.3, -0.25) is 0 Å². The maximum atomic E-state index is 11.1. The Bertz CT molecular complexity index is 392. The summed E-state index contributed by atoms with van der Waals surface area (Å²) in [6, 6.07) is 7.85. The third kappa shape index (κ3) is 2.52. The molecule has 0 saturated heterocycles. The van der Waals surface area contributed by atoms with Gasteiger partial charge in [-0.05, 0) is 37.6 Å². The summed E-state index contributed by atoms with van der Waals surface area (Å²) in [4.78, 5) is 0. The lowest BCUT2D eigenvalue weighted by Gasteiger charge is -2.40. The van der Waals surface area contributed by atoms with E-state index >= 15 is 0 Å². The molecule has 1 unspecified atom stereocenters. The second-order valence-electron chi connectivity index (χ2n) is 5.16. The predicted octanol–water partition coefficient (Wildman–Crippen LogP) is 2.29. The van der Waals surface area contributed by atoms with Crippen LogP contribution >= 0.6 is 0 Å². The molecule has 1 aromatic rings. The Balaban J connectivity index is 2.30. The van der Waals surface area contributed by atoms with Gasteiger partial charge in [-0.1, -0.05) is 25.0 Å². The van der Waals surface area contributed by atoms with E-state index in [9.17, 15) is 5.11 Å². The van der Waals surface area contributed by atoms with Crippen molar-refractivity contribution in [3.63, 3.8) is 0 Å². The molecular formula is C15H23NO2. The van der Waals surface area contributed by atoms with Gasteiger partial charge in [-0.2, -0.15) is 0 Å². The molecule has 3 heteroatoms. The topological polar surface area (TPSA) is 41.5 Å². The SMILES string of the molecule is CNCC1CCCC[C@]1(O)c1cccc(OC)c1. The van der Waals surface area contributed by atoms with Crippen LogP contribution in [0.15, 0.2) is 24.3 Å². The number of methoxy groups -OCH3 is 1. The van der Waals surface area contributed by atoms with Crippen molar-refractivity contribution in [2.45, 2.75) is 31.3 Å². The zero-order valence-corrected chi connectivity index (χ0v) is 11.3. The van der Waals surface area contributed by atoms with E-state index in [1.165, 1.54) is 6.42 Å². The Morgan fingerprint density at radius 2 is 2.28 bits per heavy atom. The van der Waals surface area contributed by atoms with Gasteiger partial charge in [-0.15, -0.1) is 0 Å². The zero-order valence-electron chi connectivity index (χ0n) is 11.3. The Morgan fingerprint density at radius 1 is 1.44 bits per heavy atom. The molecule has 0 spiro atoms. The van der Waals surface area contributed by atoms with Crippen LogP contribution in [-0.2, 0) is 5.60 Å². The van der Waals surface area contributed by atoms with Crippen molar-refractivity contribution in [2.75, 3.05) is 20.7 Å². The van der Waals surface area contributed by atoms with E-state index in [0.29, 0.717) is 0 Å². The number of nitrogens with one attached hydrogen (secondary N) is 1. The third-order valence-corrected chi connectivity index (χ3v) is 4.06. The summed E-state index contributed by atoms with van der Waals surface area (Å²) in [5.74, 6) is 1.10. The van der Waals surface area contributed by atoms with Gasteiger partial charge in [0.2, 0.25) is 0 Å². The molecule has 0 heterocycles. The van der Waals surface area contributed by atoms with Gasteiger partial charge >= 0.3 is 0 Å². The second-order valence-corrected chi connectivity index (χ2v) is 5.16. The molecule has 100 valence electrons. The highest BCUT2D eigenvalue weighted by molar-refractivity contribution is 5.33. The standard InChI is InChI=1S/C15H23NO2/c1-16-11-13-6-3-4-9-15(13,17)12-7-5-8-14(10-12)18-2/h5,7-8,10,13,16-17H,3-4,6,9,11H2,1-2H3/t13?,15-/m0/s1. The third-order valence-electron chi connectivity index (χ3n) is 4.06. The van der Waals surface area contributed by atoms with E-state index in [1.807, 2.05) is 31.3 Å². The van der Waals surface area contributed by atoms with Gasteiger partial charge in [0.05, 0.1) is 12.7 Å². The molecule has 1 aliphatic carbocycles. The normalized spacial score (nSPS) is 28.1. The molecule has 2 N–H and O–H groups in total. The van der Waals surface area contributed by atoms with Gasteiger partial charge in [0.1, 0.15) is 5.75 Å². The van der Waals surface area contributed by atoms with Gasteiger partial charge in [0.15, 0.2) is 0 Å². The van der Waals surface area contributed by atoms with Crippen molar-refractivity contribution in [1.82, 2.24) is 5.32 Å². The maximum absolute atomic E-state index is 11.1. The molecule has 2 atom stereocenters. The highest BCUT2D eigenvalue weighted by atomic mass is 16.5. The van der Waals surface area contributed by atoms with Gasteiger partial charge in [0.25, 0.3) is 0 Å². The van der Waals surface area contributed by atoms with Gasteiger partial charge in [0, 0.05) is 12.5 Å². The van der Waals surface area contributed by atoms with Crippen LogP contribution in [0.2, 0.25) is 0 Å². The van der Waals surface area contributed by atoms with Crippen molar-refractivity contribution in [2.24, 2.45) is 5.92 Å². The van der Waals surface area contributed by atoms with Gasteiger partial charge < -0.3 is 15.2 Å². The first-order valence-corrected chi connectivity index (χ1v) is 6.72. The number of benzene rings is 1. The fraction of sp³-hybridized carbons (Fsp3) is 0.600. The highest BCUT2D eigenvalue weighted by Gasteiger charge is 2.39. The van der Waals surface area contributed by atoms with Crippen LogP contribution in [0.25, 0.3) is 0 Å². The Morgan fingerprint density at radius 3 is 3.00 bits per heavy atom. The van der Waals surface area contributed by atoms with E-state index in [0.717, 1.165) is 37.1 Å². The molecule has 0 bridgehead atoms. The Kier molecular flexibility index (Phi) is 4.25. The average Bonchev–Trinajstić information content (AvgIpc) is 2.42. The predicted molar refractivity (Wildman–Crippen MR) is 72.8 cm³/mol. The monoisotopic (exact) mass is 249 g/mol. The van der Waals surface area contributed by atoms with Crippen LogP contribution in [0.4, 0.5) is 0 Å². The second kappa shape index (κ2) is 5.72. The molecule has 0 aromatic heterocycles. The molecule has 0 amide bonds. The fourth-order valence-corrected chi connectivity index (χ4v) is 3.02. The van der Waals surface area contributed by atoms with Crippen LogP contribution in [0.1, 0.15) is 31.2 Å². The lowest BCUT2D eigenvalue weighted by Crippen LogP contribution is -2.42. The minimum Gasteiger partial charge on any atom is -0.497 e. The van der Waals surface area contributed by atoms with E-state index in [1.54, 1.807) is 7.11 Å². The highest BCUT2D eigenvalue weighted by Crippen LogP contribution is 2.42. The van der Waals surface area contributed by atoms with Crippen molar-refractivity contribution in [3.8, 4) is 5.75 Å². The van der Waals surface area contributed by atoms with E-state index in [2.05, 4.69) is 5.32 Å². The molecule has 1 aliphatic rings. The Labute approximate surface area is 109 Å². The minimum atomic E-state index is -0.713. The largest absolute Gasteiger partial charge is 0.497 e. The zero-order chi connectivity index (χ0) is 13.0. The van der Waals surface area contributed by atoms with E-state index < -0.39 is 5.60 Å². The lowest BCUT2D eigenvalue weighted by molar-refractivity contribution is -0.0531. The summed E-state index contributed by atoms with van der Waals surface area (Å²) >= 11 is 0. The lowest BCUT2D eigenvalue weighted by atomic mass is 9.71. The Hall–Kier alpha value is -1.06. The summed E-state index contributed by atoms with van der Waals surface area (Å²) in [7, 11) is 3.61. The number of ether oxygens (including phenoxy) is 1. The summed E-state index contributed by atoms with van der Waals surface area (Å²) in [6.45, 7) is 0.855. The molecular weight excluding hydrogens is 226 g/mol. The number of hydrogen-bond acceptors (Lipinski definition) is 3. The van der Waals surface area contributed by atoms with Crippen LogP contribution in [0.5, 0.6) is 5.75 Å². The molecule has 18 heavy (non-hydrogen) atoms. The molecule has 1 saturated carbocycles. The van der Waals surface area contributed by atoms with Crippen LogP contribution in [0, 0.1) is 5.92 Å². The molecule has 2 rings (SSSR count). The molecule has 1 fully saturated rings. The number of aliphatic hydroxyl groups is 1. The number of hydrogen-bond donors (Lipinski definition) is 2. The first-order valence-electron chi connectivity index (χ1n) is 6.72. The van der Waals surface area contributed by atoms with E-state index in [-0.39, 0.29) is 5.92 Å². The summed E-state index contributed by atoms with van der Waals surface area (Å²) in [5, 5.41) is 14.3. The van der Waals surface area contributed by atoms with Crippen molar-refractivity contribution in [3.05, 3.63) is 29.8 Å². The average molecular weight is 249 g/mol. The molecule has 3 nitrogen and oxygen atoms in total. The number of rotatable bonds is 4.